The zero-order chi connectivity index (χ0) is 6.57. The van der Waals surface area contributed by atoms with Gasteiger partial charge in [-0.1, -0.05) is 0 Å². The Balaban J connectivity index is 3.62. The zero-order valence-electron chi connectivity index (χ0n) is 4.56. The van der Waals surface area contributed by atoms with Crippen molar-refractivity contribution in [2.75, 3.05) is 6.67 Å². The summed E-state index contributed by atoms with van der Waals surface area (Å²) in [5, 5.41) is 0. The number of halogens is 1. The fourth-order valence-corrected chi connectivity index (χ4v) is 0.198. The highest BCUT2D eigenvalue weighted by molar-refractivity contribution is 5.93. The van der Waals surface area contributed by atoms with Crippen LogP contribution in [0.3, 0.4) is 0 Å². The van der Waals surface area contributed by atoms with Crippen LogP contribution in [0.2, 0.25) is 0 Å². The average Bonchev–Trinajstić information content (AvgIpc) is 1.84. The third-order valence-electron chi connectivity index (χ3n) is 0.844. The van der Waals surface area contributed by atoms with Gasteiger partial charge in [0.05, 0.1) is 5.92 Å². The molecule has 1 unspecified atom stereocenters. The number of alkyl halides is 1. The van der Waals surface area contributed by atoms with Crippen LogP contribution in [0, 0.1) is 5.92 Å². The van der Waals surface area contributed by atoms with Crippen molar-refractivity contribution in [2.45, 2.75) is 6.92 Å². The van der Waals surface area contributed by atoms with Gasteiger partial charge in [-0.3, -0.25) is 4.79 Å². The lowest BCUT2D eigenvalue weighted by molar-refractivity contribution is -0.127. The first-order valence-electron chi connectivity index (χ1n) is 2.26. The fraction of sp³-hybridized carbons (Fsp3) is 0.600. The van der Waals surface area contributed by atoms with E-state index in [0.717, 1.165) is 0 Å². The molecule has 0 aliphatic carbocycles. The quantitative estimate of drug-likeness (QED) is 0.396. The van der Waals surface area contributed by atoms with Gasteiger partial charge >= 0.3 is 0 Å². The largest absolute Gasteiger partial charge is 0.303 e. The number of carbonyl (C=O) groups excluding carboxylic acids is 2. The van der Waals surface area contributed by atoms with Crippen molar-refractivity contribution in [2.24, 2.45) is 5.92 Å². The number of carbonyl (C=O) groups is 2. The summed E-state index contributed by atoms with van der Waals surface area (Å²) < 4.78 is 11.3. The standard InChI is InChI=1S/C5H7FO2/c1-4(3-7)5(8)2-6/h3-4H,2H2,1H3. The molecule has 0 saturated carbocycles. The molecule has 46 valence electrons. The third kappa shape index (κ3) is 1.82. The molecule has 3 heteroatoms. The molecule has 1 atom stereocenters. The summed E-state index contributed by atoms with van der Waals surface area (Å²) in [6.45, 7) is 0.328. The van der Waals surface area contributed by atoms with Gasteiger partial charge in [0, 0.05) is 0 Å². The maximum absolute atomic E-state index is 11.3. The van der Waals surface area contributed by atoms with E-state index in [1.165, 1.54) is 6.92 Å². The Morgan fingerprint density at radius 1 is 1.88 bits per heavy atom. The molecular weight excluding hydrogens is 111 g/mol. The Morgan fingerprint density at radius 3 is 2.50 bits per heavy atom. The molecule has 8 heavy (non-hydrogen) atoms. The first-order chi connectivity index (χ1) is 3.72. The molecule has 0 aromatic heterocycles. The number of hydrogen-bond donors (Lipinski definition) is 0. The predicted octanol–water partition coefficient (Wildman–Crippen LogP) is 0.360. The van der Waals surface area contributed by atoms with Gasteiger partial charge in [0.15, 0.2) is 5.78 Å². The normalized spacial score (nSPS) is 12.8. The zero-order valence-corrected chi connectivity index (χ0v) is 4.56. The van der Waals surface area contributed by atoms with E-state index in [-0.39, 0.29) is 0 Å². The van der Waals surface area contributed by atoms with Crippen LogP contribution < -0.4 is 0 Å². The molecular formula is C5H7FO2. The van der Waals surface area contributed by atoms with E-state index < -0.39 is 18.4 Å². The van der Waals surface area contributed by atoms with Gasteiger partial charge in [0.25, 0.3) is 0 Å². The van der Waals surface area contributed by atoms with Crippen molar-refractivity contribution in [1.82, 2.24) is 0 Å². The second-order valence-electron chi connectivity index (χ2n) is 1.52. The van der Waals surface area contributed by atoms with Gasteiger partial charge in [-0.25, -0.2) is 4.39 Å². The third-order valence-corrected chi connectivity index (χ3v) is 0.844. The molecule has 0 spiro atoms. The number of aldehydes is 1. The average molecular weight is 118 g/mol. The number of ketones is 1. The smallest absolute Gasteiger partial charge is 0.173 e. The predicted molar refractivity (Wildman–Crippen MR) is 26.2 cm³/mol. The summed E-state index contributed by atoms with van der Waals surface area (Å²) in [7, 11) is 0. The van der Waals surface area contributed by atoms with Gasteiger partial charge < -0.3 is 4.79 Å². The van der Waals surface area contributed by atoms with Gasteiger partial charge in [-0.05, 0) is 6.92 Å². The van der Waals surface area contributed by atoms with E-state index in [4.69, 9.17) is 0 Å². The van der Waals surface area contributed by atoms with Crippen LogP contribution in [0.25, 0.3) is 0 Å². The second-order valence-corrected chi connectivity index (χ2v) is 1.52. The Morgan fingerprint density at radius 2 is 2.38 bits per heavy atom. The summed E-state index contributed by atoms with van der Waals surface area (Å²) in [5.41, 5.74) is 0. The summed E-state index contributed by atoms with van der Waals surface area (Å²) in [4.78, 5) is 19.9. The van der Waals surface area contributed by atoms with Crippen LogP contribution in [-0.4, -0.2) is 18.7 Å². The van der Waals surface area contributed by atoms with E-state index in [1.54, 1.807) is 0 Å². The van der Waals surface area contributed by atoms with Crippen LogP contribution >= 0.6 is 0 Å². The van der Waals surface area contributed by atoms with Crippen molar-refractivity contribution >= 4 is 12.1 Å². The molecule has 0 fully saturated rings. The summed E-state index contributed by atoms with van der Waals surface area (Å²) in [6, 6.07) is 0. The number of rotatable bonds is 3. The van der Waals surface area contributed by atoms with Crippen LogP contribution in [0.5, 0.6) is 0 Å². The lowest BCUT2D eigenvalue weighted by Gasteiger charge is -1.93. The Hall–Kier alpha value is -0.730. The van der Waals surface area contributed by atoms with Gasteiger partial charge in [-0.15, -0.1) is 0 Å². The molecule has 0 aliphatic rings. The van der Waals surface area contributed by atoms with Gasteiger partial charge in [-0.2, -0.15) is 0 Å². The van der Waals surface area contributed by atoms with Crippen LogP contribution in [0.1, 0.15) is 6.92 Å². The first kappa shape index (κ1) is 7.27. The monoisotopic (exact) mass is 118 g/mol. The van der Waals surface area contributed by atoms with Crippen LogP contribution in [-0.2, 0) is 9.59 Å². The SMILES string of the molecule is CC(C=O)C(=O)CF. The number of hydrogen-bond acceptors (Lipinski definition) is 2. The minimum absolute atomic E-state index is 0.432. The molecule has 0 aromatic carbocycles. The van der Waals surface area contributed by atoms with Crippen molar-refractivity contribution in [3.8, 4) is 0 Å². The maximum Gasteiger partial charge on any atom is 0.173 e. The Kier molecular flexibility index (Phi) is 2.99. The van der Waals surface area contributed by atoms with Gasteiger partial charge in [0.1, 0.15) is 13.0 Å². The van der Waals surface area contributed by atoms with Gasteiger partial charge in [0.2, 0.25) is 0 Å². The molecule has 0 bridgehead atoms. The minimum Gasteiger partial charge on any atom is -0.303 e. The molecule has 0 N–H and O–H groups in total. The van der Waals surface area contributed by atoms with E-state index >= 15 is 0 Å². The molecule has 0 rings (SSSR count). The summed E-state index contributed by atoms with van der Waals surface area (Å²) in [6.07, 6.45) is 0.432. The van der Waals surface area contributed by atoms with E-state index in [9.17, 15) is 14.0 Å². The molecule has 0 aromatic rings. The highest BCUT2D eigenvalue weighted by Crippen LogP contribution is 1.90. The molecule has 0 radical (unpaired) electrons. The van der Waals surface area contributed by atoms with Crippen LogP contribution in [0.4, 0.5) is 4.39 Å². The Labute approximate surface area is 46.7 Å². The highest BCUT2D eigenvalue weighted by atomic mass is 19.1. The first-order valence-corrected chi connectivity index (χ1v) is 2.26. The Bertz CT molecular complexity index is 101. The second kappa shape index (κ2) is 3.29. The van der Waals surface area contributed by atoms with Crippen molar-refractivity contribution in [1.29, 1.82) is 0 Å². The van der Waals surface area contributed by atoms with Crippen molar-refractivity contribution < 1.29 is 14.0 Å². The molecule has 0 aliphatic heterocycles. The lowest BCUT2D eigenvalue weighted by Crippen LogP contribution is -2.13. The van der Waals surface area contributed by atoms with E-state index in [0.29, 0.717) is 6.29 Å². The van der Waals surface area contributed by atoms with Crippen molar-refractivity contribution in [3.05, 3.63) is 0 Å². The molecule has 0 heterocycles. The van der Waals surface area contributed by atoms with Crippen LogP contribution in [0.15, 0.2) is 0 Å². The molecule has 2 nitrogen and oxygen atoms in total. The fourth-order valence-electron chi connectivity index (χ4n) is 0.198. The van der Waals surface area contributed by atoms with Crippen molar-refractivity contribution in [3.63, 3.8) is 0 Å². The van der Waals surface area contributed by atoms with E-state index in [1.807, 2.05) is 0 Å². The maximum atomic E-state index is 11.3. The number of Topliss-reactive ketones (excluding diaryl/α,β-unsaturated/α-hetero) is 1. The van der Waals surface area contributed by atoms with E-state index in [2.05, 4.69) is 0 Å². The highest BCUT2D eigenvalue weighted by Gasteiger charge is 2.09. The minimum atomic E-state index is -1.04. The molecule has 0 amide bonds. The summed E-state index contributed by atoms with van der Waals surface area (Å²) in [5.74, 6) is -1.43. The lowest BCUT2D eigenvalue weighted by atomic mass is 10.1. The molecule has 0 saturated heterocycles. The topological polar surface area (TPSA) is 34.1 Å². The summed E-state index contributed by atoms with van der Waals surface area (Å²) >= 11 is 0.